The number of aryl methyl sites for hydroxylation is 3. The van der Waals surface area contributed by atoms with Gasteiger partial charge in [-0.1, -0.05) is 24.3 Å². The molecular formula is C31H29F3O4S2. The van der Waals surface area contributed by atoms with Gasteiger partial charge in [0.05, 0.1) is 5.56 Å². The molecule has 0 bridgehead atoms. The number of ether oxygens (including phenoxy) is 2. The van der Waals surface area contributed by atoms with Crippen LogP contribution in [-0.4, -0.2) is 17.7 Å². The highest BCUT2D eigenvalue weighted by molar-refractivity contribution is 7.98. The molecule has 0 atom stereocenters. The van der Waals surface area contributed by atoms with E-state index in [2.05, 4.69) is 6.07 Å². The van der Waals surface area contributed by atoms with Crippen LogP contribution in [0, 0.1) is 27.7 Å². The van der Waals surface area contributed by atoms with Gasteiger partial charge in [0, 0.05) is 26.0 Å². The van der Waals surface area contributed by atoms with Gasteiger partial charge in [0.15, 0.2) is 6.61 Å². The summed E-state index contributed by atoms with van der Waals surface area (Å²) in [5.74, 6) is 0.953. The maximum absolute atomic E-state index is 13.1. The molecule has 9 heteroatoms. The van der Waals surface area contributed by atoms with E-state index in [4.69, 9.17) is 14.6 Å². The molecule has 1 heterocycles. The first-order valence-electron chi connectivity index (χ1n) is 12.5. The Kier molecular flexibility index (Phi) is 9.15. The molecule has 0 fully saturated rings. The maximum atomic E-state index is 13.1. The number of carboxylic acids is 1. The zero-order valence-corrected chi connectivity index (χ0v) is 24.2. The summed E-state index contributed by atoms with van der Waals surface area (Å²) in [5.41, 5.74) is 5.10. The van der Waals surface area contributed by atoms with E-state index in [1.54, 1.807) is 17.8 Å². The zero-order valence-electron chi connectivity index (χ0n) is 22.5. The van der Waals surface area contributed by atoms with Gasteiger partial charge in [-0.25, -0.2) is 4.79 Å². The van der Waals surface area contributed by atoms with Crippen molar-refractivity contribution in [3.63, 3.8) is 0 Å². The Labute approximate surface area is 239 Å². The smallest absolute Gasteiger partial charge is 0.416 e. The van der Waals surface area contributed by atoms with Gasteiger partial charge in [-0.2, -0.15) is 13.2 Å². The number of carboxylic acid groups (broad SMARTS) is 1. The van der Waals surface area contributed by atoms with E-state index in [9.17, 15) is 18.0 Å². The summed E-state index contributed by atoms with van der Waals surface area (Å²) in [6, 6.07) is 16.9. The normalized spacial score (nSPS) is 11.5. The van der Waals surface area contributed by atoms with Crippen molar-refractivity contribution in [1.82, 2.24) is 0 Å². The third kappa shape index (κ3) is 7.20. The molecule has 0 aliphatic carbocycles. The first kappa shape index (κ1) is 29.6. The van der Waals surface area contributed by atoms with E-state index >= 15 is 0 Å². The van der Waals surface area contributed by atoms with Gasteiger partial charge in [-0.3, -0.25) is 0 Å². The van der Waals surface area contributed by atoms with Gasteiger partial charge < -0.3 is 14.6 Å². The second-order valence-corrected chi connectivity index (χ2v) is 11.7. The first-order valence-corrected chi connectivity index (χ1v) is 14.3. The molecule has 0 saturated carbocycles. The summed E-state index contributed by atoms with van der Waals surface area (Å²) in [6.07, 6.45) is -4.38. The summed E-state index contributed by atoms with van der Waals surface area (Å²) in [5, 5.41) is 8.86. The summed E-state index contributed by atoms with van der Waals surface area (Å²) >= 11 is 3.15. The average Bonchev–Trinajstić information content (AvgIpc) is 3.31. The number of thiophene rings is 1. The minimum Gasteiger partial charge on any atom is -0.488 e. The Morgan fingerprint density at radius 1 is 0.900 bits per heavy atom. The van der Waals surface area contributed by atoms with Crippen LogP contribution in [0.1, 0.15) is 38.3 Å². The molecule has 210 valence electrons. The van der Waals surface area contributed by atoms with Crippen molar-refractivity contribution in [2.45, 2.75) is 51.1 Å². The third-order valence-corrected chi connectivity index (χ3v) is 8.94. The lowest BCUT2D eigenvalue weighted by Gasteiger charge is -2.14. The highest BCUT2D eigenvalue weighted by Gasteiger charge is 2.30. The molecule has 0 amide bonds. The predicted molar refractivity (Wildman–Crippen MR) is 154 cm³/mol. The van der Waals surface area contributed by atoms with E-state index in [1.807, 2.05) is 52.0 Å². The van der Waals surface area contributed by atoms with Crippen LogP contribution in [0.3, 0.4) is 0 Å². The Morgan fingerprint density at radius 2 is 1.60 bits per heavy atom. The molecule has 0 aliphatic heterocycles. The topological polar surface area (TPSA) is 55.8 Å². The Hall–Kier alpha value is -3.43. The molecule has 4 aromatic rings. The van der Waals surface area contributed by atoms with E-state index in [1.165, 1.54) is 23.5 Å². The van der Waals surface area contributed by atoms with Crippen LogP contribution in [0.4, 0.5) is 13.2 Å². The number of aliphatic carboxylic acids is 1. The fourth-order valence-electron chi connectivity index (χ4n) is 4.14. The van der Waals surface area contributed by atoms with Crippen LogP contribution in [-0.2, 0) is 23.3 Å². The number of halogens is 3. The summed E-state index contributed by atoms with van der Waals surface area (Å²) in [7, 11) is 0. The monoisotopic (exact) mass is 586 g/mol. The van der Waals surface area contributed by atoms with E-state index in [0.717, 1.165) is 60.3 Å². The van der Waals surface area contributed by atoms with Crippen molar-refractivity contribution in [3.05, 3.63) is 98.9 Å². The molecule has 0 radical (unpaired) electrons. The van der Waals surface area contributed by atoms with E-state index < -0.39 is 24.3 Å². The first-order chi connectivity index (χ1) is 18.9. The highest BCUT2D eigenvalue weighted by Crippen LogP contribution is 2.38. The quantitative estimate of drug-likeness (QED) is 0.188. The number of benzene rings is 3. The number of hydrogen-bond donors (Lipinski definition) is 1. The number of hydrogen-bond acceptors (Lipinski definition) is 5. The van der Waals surface area contributed by atoms with Crippen LogP contribution < -0.4 is 9.47 Å². The highest BCUT2D eigenvalue weighted by atomic mass is 32.2. The fourth-order valence-corrected chi connectivity index (χ4v) is 6.43. The minimum absolute atomic E-state index is 0.332. The SMILES string of the molecule is Cc1cc(SCc2sc(-c3ccc(C(F)(F)F)cc3)cc2COc2c(C)ccc(C)c2C)ccc1OCC(=O)O. The molecule has 4 rings (SSSR count). The lowest BCUT2D eigenvalue weighted by molar-refractivity contribution is -0.139. The van der Waals surface area contributed by atoms with Crippen molar-refractivity contribution in [3.8, 4) is 21.9 Å². The predicted octanol–water partition coefficient (Wildman–Crippen LogP) is 9.00. The van der Waals surface area contributed by atoms with Gasteiger partial charge in [0.1, 0.15) is 18.1 Å². The second kappa shape index (κ2) is 12.4. The lowest BCUT2D eigenvalue weighted by atomic mass is 10.1. The molecule has 40 heavy (non-hydrogen) atoms. The van der Waals surface area contributed by atoms with Crippen molar-refractivity contribution < 1.29 is 32.5 Å². The zero-order chi connectivity index (χ0) is 29.0. The van der Waals surface area contributed by atoms with Gasteiger partial charge in [0.2, 0.25) is 0 Å². The average molecular weight is 587 g/mol. The van der Waals surface area contributed by atoms with Gasteiger partial charge in [-0.05, 0) is 91.9 Å². The molecule has 0 spiro atoms. The summed E-state index contributed by atoms with van der Waals surface area (Å²) in [6.45, 7) is 7.86. The maximum Gasteiger partial charge on any atom is 0.416 e. The molecular weight excluding hydrogens is 557 g/mol. The van der Waals surface area contributed by atoms with E-state index in [0.29, 0.717) is 23.7 Å². The largest absolute Gasteiger partial charge is 0.488 e. The van der Waals surface area contributed by atoms with Crippen LogP contribution in [0.5, 0.6) is 11.5 Å². The molecule has 0 aliphatic rings. The molecule has 3 aromatic carbocycles. The molecule has 1 aromatic heterocycles. The third-order valence-electron chi connectivity index (χ3n) is 6.51. The number of alkyl halides is 3. The fraction of sp³-hybridized carbons (Fsp3) is 0.258. The van der Waals surface area contributed by atoms with Crippen molar-refractivity contribution >= 4 is 29.1 Å². The molecule has 4 nitrogen and oxygen atoms in total. The Bertz CT molecular complexity index is 1510. The van der Waals surface area contributed by atoms with Crippen molar-refractivity contribution in [2.75, 3.05) is 6.61 Å². The van der Waals surface area contributed by atoms with Crippen molar-refractivity contribution in [1.29, 1.82) is 0 Å². The number of thioether (sulfide) groups is 1. The van der Waals surface area contributed by atoms with Crippen LogP contribution in [0.15, 0.2) is 65.6 Å². The van der Waals surface area contributed by atoms with Crippen LogP contribution in [0.25, 0.3) is 10.4 Å². The summed E-state index contributed by atoms with van der Waals surface area (Å²) < 4.78 is 50.9. The van der Waals surface area contributed by atoms with Gasteiger partial charge in [0.25, 0.3) is 0 Å². The second-order valence-electron chi connectivity index (χ2n) is 9.47. The minimum atomic E-state index is -4.38. The molecule has 0 unspecified atom stereocenters. The molecule has 1 N–H and O–H groups in total. The standard InChI is InChI=1S/C31H29F3O4S2/c1-18-5-6-19(2)30(21(18)4)38-15-23-14-27(22-7-9-24(10-8-22)31(32,33)34)40-28(23)17-39-25-11-12-26(20(3)13-25)37-16-29(35)36/h5-14H,15-17H2,1-4H3,(H,35,36). The van der Waals surface area contributed by atoms with Crippen LogP contribution in [0.2, 0.25) is 0 Å². The molecule has 0 saturated heterocycles. The Balaban J connectivity index is 1.59. The number of rotatable bonds is 10. The lowest BCUT2D eigenvalue weighted by Crippen LogP contribution is -2.09. The van der Waals surface area contributed by atoms with Crippen molar-refractivity contribution in [2.24, 2.45) is 0 Å². The Morgan fingerprint density at radius 3 is 2.25 bits per heavy atom. The van der Waals surface area contributed by atoms with E-state index in [-0.39, 0.29) is 0 Å². The van der Waals surface area contributed by atoms with Gasteiger partial charge >= 0.3 is 12.1 Å². The van der Waals surface area contributed by atoms with Crippen LogP contribution >= 0.6 is 23.1 Å². The number of carbonyl (C=O) groups is 1. The summed E-state index contributed by atoms with van der Waals surface area (Å²) in [4.78, 5) is 13.7. The van der Waals surface area contributed by atoms with Gasteiger partial charge in [-0.15, -0.1) is 23.1 Å².